The number of methoxy groups -OCH3 is 3. The van der Waals surface area contributed by atoms with Gasteiger partial charge in [-0.15, -0.1) is 11.8 Å². The molecule has 0 radical (unpaired) electrons. The summed E-state index contributed by atoms with van der Waals surface area (Å²) >= 11 is 0. The third kappa shape index (κ3) is 4.08. The molecule has 0 atom stereocenters. The summed E-state index contributed by atoms with van der Waals surface area (Å²) < 4.78 is 16.0. The third-order valence-corrected chi connectivity index (χ3v) is 2.70. The van der Waals surface area contributed by atoms with Crippen molar-refractivity contribution in [2.24, 2.45) is 0 Å². The maximum absolute atomic E-state index is 5.42. The van der Waals surface area contributed by atoms with Crippen molar-refractivity contribution in [3.63, 3.8) is 0 Å². The van der Waals surface area contributed by atoms with Crippen molar-refractivity contribution in [1.82, 2.24) is 5.32 Å². The number of hydrogen-bond donors (Lipinski definition) is 1. The molecule has 4 nitrogen and oxygen atoms in total. The van der Waals surface area contributed by atoms with Crippen molar-refractivity contribution in [2.75, 3.05) is 27.9 Å². The maximum Gasteiger partial charge on any atom is 0.203 e. The van der Waals surface area contributed by atoms with Crippen LogP contribution in [0.1, 0.15) is 18.9 Å². The lowest BCUT2D eigenvalue weighted by Crippen LogP contribution is -2.15. The van der Waals surface area contributed by atoms with Gasteiger partial charge in [-0.2, -0.15) is 0 Å². The molecule has 0 saturated carbocycles. The molecule has 4 heteroatoms. The SMILES string of the molecule is CC#CCCNCc1ccc(OC)c(OC)c1OC. The van der Waals surface area contributed by atoms with Gasteiger partial charge in [0.05, 0.1) is 21.3 Å². The molecule has 0 bridgehead atoms. The molecule has 0 spiro atoms. The van der Waals surface area contributed by atoms with Crippen LogP contribution in [0.25, 0.3) is 0 Å². The van der Waals surface area contributed by atoms with E-state index in [2.05, 4.69) is 17.2 Å². The number of benzene rings is 1. The lowest BCUT2D eigenvalue weighted by atomic mass is 10.1. The van der Waals surface area contributed by atoms with Gasteiger partial charge in [0.25, 0.3) is 0 Å². The second-order valence-corrected chi connectivity index (χ2v) is 3.85. The molecular weight excluding hydrogens is 242 g/mol. The summed E-state index contributed by atoms with van der Waals surface area (Å²) in [7, 11) is 4.84. The standard InChI is InChI=1S/C15H21NO3/c1-5-6-7-10-16-11-12-8-9-13(17-2)15(19-4)14(12)18-3/h8-9,16H,7,10-11H2,1-4H3. The zero-order valence-corrected chi connectivity index (χ0v) is 12.0. The average molecular weight is 263 g/mol. The summed E-state index contributed by atoms with van der Waals surface area (Å²) in [5.41, 5.74) is 1.03. The Hall–Kier alpha value is -1.86. The topological polar surface area (TPSA) is 39.7 Å². The number of nitrogens with one attached hydrogen (secondary N) is 1. The monoisotopic (exact) mass is 263 g/mol. The first-order valence-electron chi connectivity index (χ1n) is 6.16. The van der Waals surface area contributed by atoms with Crippen LogP contribution >= 0.6 is 0 Å². The summed E-state index contributed by atoms with van der Waals surface area (Å²) in [6, 6.07) is 3.85. The van der Waals surface area contributed by atoms with Gasteiger partial charge >= 0.3 is 0 Å². The van der Waals surface area contributed by atoms with E-state index < -0.39 is 0 Å². The summed E-state index contributed by atoms with van der Waals surface area (Å²) in [6.45, 7) is 3.39. The molecular formula is C15H21NO3. The lowest BCUT2D eigenvalue weighted by molar-refractivity contribution is 0.321. The molecule has 19 heavy (non-hydrogen) atoms. The number of rotatable bonds is 7. The van der Waals surface area contributed by atoms with Gasteiger partial charge in [-0.05, 0) is 13.0 Å². The van der Waals surface area contributed by atoms with E-state index in [1.807, 2.05) is 19.1 Å². The molecule has 0 aromatic heterocycles. The van der Waals surface area contributed by atoms with Crippen LogP contribution in [0.4, 0.5) is 0 Å². The first-order valence-corrected chi connectivity index (χ1v) is 6.16. The van der Waals surface area contributed by atoms with Gasteiger partial charge in [-0.3, -0.25) is 0 Å². The smallest absolute Gasteiger partial charge is 0.203 e. The fraction of sp³-hybridized carbons (Fsp3) is 0.467. The van der Waals surface area contributed by atoms with E-state index in [1.165, 1.54) is 0 Å². The molecule has 0 aliphatic carbocycles. The Morgan fingerprint density at radius 2 is 1.79 bits per heavy atom. The first kappa shape index (κ1) is 15.2. The Morgan fingerprint density at radius 3 is 2.37 bits per heavy atom. The Labute approximate surface area is 115 Å². The fourth-order valence-electron chi connectivity index (χ4n) is 1.80. The van der Waals surface area contributed by atoms with E-state index in [4.69, 9.17) is 14.2 Å². The van der Waals surface area contributed by atoms with Gasteiger partial charge < -0.3 is 19.5 Å². The normalized spacial score (nSPS) is 9.47. The quantitative estimate of drug-likeness (QED) is 0.605. The van der Waals surface area contributed by atoms with E-state index in [1.54, 1.807) is 21.3 Å². The van der Waals surface area contributed by atoms with E-state index >= 15 is 0 Å². The van der Waals surface area contributed by atoms with Crippen molar-refractivity contribution in [2.45, 2.75) is 19.9 Å². The first-order chi connectivity index (χ1) is 9.28. The van der Waals surface area contributed by atoms with Crippen LogP contribution in [-0.2, 0) is 6.54 Å². The molecule has 0 saturated heterocycles. The van der Waals surface area contributed by atoms with Gasteiger partial charge in [-0.1, -0.05) is 6.07 Å². The van der Waals surface area contributed by atoms with E-state index in [0.717, 1.165) is 18.5 Å². The highest BCUT2D eigenvalue weighted by molar-refractivity contribution is 5.55. The molecule has 0 aliphatic heterocycles. The van der Waals surface area contributed by atoms with E-state index in [0.29, 0.717) is 23.8 Å². The van der Waals surface area contributed by atoms with Crippen molar-refractivity contribution < 1.29 is 14.2 Å². The molecule has 1 aromatic carbocycles. The van der Waals surface area contributed by atoms with Gasteiger partial charge in [0.15, 0.2) is 11.5 Å². The average Bonchev–Trinajstić information content (AvgIpc) is 2.45. The Kier molecular flexibility index (Phi) is 6.62. The van der Waals surface area contributed by atoms with Crippen LogP contribution in [0, 0.1) is 11.8 Å². The Balaban J connectivity index is 2.79. The highest BCUT2D eigenvalue weighted by atomic mass is 16.5. The van der Waals surface area contributed by atoms with Crippen molar-refractivity contribution >= 4 is 0 Å². The molecule has 1 aromatic rings. The van der Waals surface area contributed by atoms with Crippen molar-refractivity contribution in [1.29, 1.82) is 0 Å². The molecule has 1 N–H and O–H groups in total. The predicted octanol–water partition coefficient (Wildman–Crippen LogP) is 2.22. The highest BCUT2D eigenvalue weighted by Gasteiger charge is 2.15. The molecule has 0 heterocycles. The second kappa shape index (κ2) is 8.28. The Morgan fingerprint density at radius 1 is 1.05 bits per heavy atom. The zero-order chi connectivity index (χ0) is 14.1. The molecule has 0 fully saturated rings. The summed E-state index contributed by atoms with van der Waals surface area (Å²) in [6.07, 6.45) is 0.839. The minimum atomic E-state index is 0.623. The predicted molar refractivity (Wildman–Crippen MR) is 75.9 cm³/mol. The molecule has 0 aliphatic rings. The number of ether oxygens (including phenoxy) is 3. The minimum absolute atomic E-state index is 0.623. The molecule has 0 amide bonds. The van der Waals surface area contributed by atoms with Crippen LogP contribution in [0.15, 0.2) is 12.1 Å². The third-order valence-electron chi connectivity index (χ3n) is 2.70. The number of hydrogen-bond acceptors (Lipinski definition) is 4. The fourth-order valence-corrected chi connectivity index (χ4v) is 1.80. The van der Waals surface area contributed by atoms with Crippen LogP contribution in [0.3, 0.4) is 0 Å². The van der Waals surface area contributed by atoms with Crippen molar-refractivity contribution in [3.05, 3.63) is 17.7 Å². The van der Waals surface area contributed by atoms with Gasteiger partial charge in [0.2, 0.25) is 5.75 Å². The lowest BCUT2D eigenvalue weighted by Gasteiger charge is -2.15. The summed E-state index contributed by atoms with van der Waals surface area (Å²) in [5.74, 6) is 7.88. The highest BCUT2D eigenvalue weighted by Crippen LogP contribution is 2.39. The largest absolute Gasteiger partial charge is 0.493 e. The zero-order valence-electron chi connectivity index (χ0n) is 12.0. The molecule has 0 unspecified atom stereocenters. The van der Waals surface area contributed by atoms with Crippen LogP contribution < -0.4 is 19.5 Å². The Bertz CT molecular complexity index is 460. The van der Waals surface area contributed by atoms with Crippen molar-refractivity contribution in [3.8, 4) is 29.1 Å². The van der Waals surface area contributed by atoms with Crippen LogP contribution in [0.5, 0.6) is 17.2 Å². The van der Waals surface area contributed by atoms with Gasteiger partial charge in [0, 0.05) is 25.1 Å². The van der Waals surface area contributed by atoms with Crippen LogP contribution in [0.2, 0.25) is 0 Å². The molecule has 104 valence electrons. The summed E-state index contributed by atoms with van der Waals surface area (Å²) in [5, 5.41) is 3.32. The van der Waals surface area contributed by atoms with E-state index in [-0.39, 0.29) is 0 Å². The van der Waals surface area contributed by atoms with Crippen LogP contribution in [-0.4, -0.2) is 27.9 Å². The van der Waals surface area contributed by atoms with E-state index in [9.17, 15) is 0 Å². The second-order valence-electron chi connectivity index (χ2n) is 3.85. The maximum atomic E-state index is 5.42. The summed E-state index contributed by atoms with van der Waals surface area (Å²) in [4.78, 5) is 0. The van der Waals surface area contributed by atoms with Gasteiger partial charge in [-0.25, -0.2) is 0 Å². The molecule has 1 rings (SSSR count). The van der Waals surface area contributed by atoms with Gasteiger partial charge in [0.1, 0.15) is 0 Å². The minimum Gasteiger partial charge on any atom is -0.493 e.